The smallest absolute Gasteiger partial charge is 0.309 e. The van der Waals surface area contributed by atoms with Gasteiger partial charge in [-0.2, -0.15) is 0 Å². The standard InChI is InChI=1S/C12H12ClN3O2/c1-7-3-4-9(13)11(5-7)16-8(2)10(14-15-16)6-12(17)18/h3-5H,6H2,1-2H3,(H,17,18). The molecule has 0 unspecified atom stereocenters. The summed E-state index contributed by atoms with van der Waals surface area (Å²) >= 11 is 6.11. The summed E-state index contributed by atoms with van der Waals surface area (Å²) in [5.74, 6) is -0.930. The number of carboxylic acids is 1. The monoisotopic (exact) mass is 265 g/mol. The maximum absolute atomic E-state index is 10.7. The van der Waals surface area contributed by atoms with Crippen LogP contribution in [0.2, 0.25) is 5.02 Å². The molecular formula is C12H12ClN3O2. The Morgan fingerprint density at radius 3 is 2.83 bits per heavy atom. The van der Waals surface area contributed by atoms with Crippen molar-refractivity contribution >= 4 is 17.6 Å². The van der Waals surface area contributed by atoms with Crippen LogP contribution in [0.1, 0.15) is 17.0 Å². The van der Waals surface area contributed by atoms with Gasteiger partial charge in [0.05, 0.1) is 28.5 Å². The van der Waals surface area contributed by atoms with E-state index in [0.717, 1.165) is 5.56 Å². The number of carboxylic acid groups (broad SMARTS) is 1. The number of aliphatic carboxylic acids is 1. The van der Waals surface area contributed by atoms with E-state index in [0.29, 0.717) is 22.1 Å². The molecule has 1 N–H and O–H groups in total. The Hall–Kier alpha value is -1.88. The van der Waals surface area contributed by atoms with Crippen molar-refractivity contribution in [2.45, 2.75) is 20.3 Å². The molecule has 0 spiro atoms. The summed E-state index contributed by atoms with van der Waals surface area (Å²) in [5, 5.41) is 17.2. The highest BCUT2D eigenvalue weighted by Gasteiger charge is 2.14. The molecule has 0 fully saturated rings. The van der Waals surface area contributed by atoms with Crippen LogP contribution >= 0.6 is 11.6 Å². The van der Waals surface area contributed by atoms with Gasteiger partial charge in [-0.15, -0.1) is 5.10 Å². The predicted molar refractivity (Wildman–Crippen MR) is 67.2 cm³/mol. The first-order valence-corrected chi connectivity index (χ1v) is 5.76. The van der Waals surface area contributed by atoms with E-state index in [4.69, 9.17) is 16.7 Å². The van der Waals surface area contributed by atoms with Crippen molar-refractivity contribution in [2.24, 2.45) is 0 Å². The average molecular weight is 266 g/mol. The minimum atomic E-state index is -0.930. The minimum absolute atomic E-state index is 0.144. The van der Waals surface area contributed by atoms with Gasteiger partial charge >= 0.3 is 5.97 Å². The fourth-order valence-electron chi connectivity index (χ4n) is 1.68. The van der Waals surface area contributed by atoms with Gasteiger partial charge in [0.15, 0.2) is 0 Å². The average Bonchev–Trinajstić information content (AvgIpc) is 2.64. The third-order valence-corrected chi connectivity index (χ3v) is 2.96. The second-order valence-electron chi connectivity index (χ2n) is 4.06. The van der Waals surface area contributed by atoms with Crippen molar-refractivity contribution in [3.05, 3.63) is 40.2 Å². The van der Waals surface area contributed by atoms with Gasteiger partial charge in [-0.1, -0.05) is 22.9 Å². The molecule has 0 amide bonds. The molecule has 0 bridgehead atoms. The summed E-state index contributed by atoms with van der Waals surface area (Å²) < 4.78 is 1.56. The zero-order valence-electron chi connectivity index (χ0n) is 10.0. The van der Waals surface area contributed by atoms with Gasteiger partial charge in [0.1, 0.15) is 0 Å². The number of aryl methyl sites for hydroxylation is 1. The second-order valence-corrected chi connectivity index (χ2v) is 4.47. The quantitative estimate of drug-likeness (QED) is 0.923. The Morgan fingerprint density at radius 2 is 2.17 bits per heavy atom. The molecule has 1 aromatic heterocycles. The predicted octanol–water partition coefficient (Wildman–Crippen LogP) is 2.16. The van der Waals surface area contributed by atoms with Crippen LogP contribution in [0.15, 0.2) is 18.2 Å². The topological polar surface area (TPSA) is 68.0 Å². The molecule has 0 radical (unpaired) electrons. The van der Waals surface area contributed by atoms with Crippen LogP contribution in [0.4, 0.5) is 0 Å². The van der Waals surface area contributed by atoms with Crippen LogP contribution in [0, 0.1) is 13.8 Å². The van der Waals surface area contributed by atoms with Gasteiger partial charge in [0, 0.05) is 0 Å². The van der Waals surface area contributed by atoms with Gasteiger partial charge in [-0.25, -0.2) is 4.68 Å². The lowest BCUT2D eigenvalue weighted by atomic mass is 10.2. The van der Waals surface area contributed by atoms with E-state index >= 15 is 0 Å². The summed E-state index contributed by atoms with van der Waals surface area (Å²) in [5.41, 5.74) is 2.88. The van der Waals surface area contributed by atoms with Crippen molar-refractivity contribution in [1.29, 1.82) is 0 Å². The second kappa shape index (κ2) is 4.78. The van der Waals surface area contributed by atoms with Gasteiger partial charge < -0.3 is 5.11 Å². The molecule has 18 heavy (non-hydrogen) atoms. The Morgan fingerprint density at radius 1 is 1.44 bits per heavy atom. The summed E-state index contributed by atoms with van der Waals surface area (Å²) in [6, 6.07) is 5.56. The molecule has 6 heteroatoms. The normalized spacial score (nSPS) is 10.6. The van der Waals surface area contributed by atoms with Gasteiger partial charge in [-0.05, 0) is 31.5 Å². The Balaban J connectivity index is 2.48. The van der Waals surface area contributed by atoms with E-state index in [1.165, 1.54) is 0 Å². The van der Waals surface area contributed by atoms with Crippen molar-refractivity contribution in [1.82, 2.24) is 15.0 Å². The number of nitrogens with zero attached hydrogens (tertiary/aromatic N) is 3. The van der Waals surface area contributed by atoms with Crippen LogP contribution in [-0.2, 0) is 11.2 Å². The molecule has 5 nitrogen and oxygen atoms in total. The Bertz CT molecular complexity index is 607. The molecule has 0 saturated carbocycles. The van der Waals surface area contributed by atoms with E-state index in [-0.39, 0.29) is 6.42 Å². The molecule has 1 aromatic carbocycles. The van der Waals surface area contributed by atoms with Crippen LogP contribution < -0.4 is 0 Å². The van der Waals surface area contributed by atoms with E-state index in [1.807, 2.05) is 19.1 Å². The number of aromatic nitrogens is 3. The van der Waals surface area contributed by atoms with Gasteiger partial charge in [-0.3, -0.25) is 4.79 Å². The fraction of sp³-hybridized carbons (Fsp3) is 0.250. The summed E-state index contributed by atoms with van der Waals surface area (Å²) in [6.07, 6.45) is -0.144. The number of carbonyl (C=O) groups is 1. The zero-order valence-corrected chi connectivity index (χ0v) is 10.8. The summed E-state index contributed by atoms with van der Waals surface area (Å²) in [7, 11) is 0. The van der Waals surface area contributed by atoms with Crippen molar-refractivity contribution in [3.8, 4) is 5.69 Å². The van der Waals surface area contributed by atoms with Crippen molar-refractivity contribution < 1.29 is 9.90 Å². The lowest BCUT2D eigenvalue weighted by molar-refractivity contribution is -0.136. The SMILES string of the molecule is Cc1ccc(Cl)c(-n2nnc(CC(=O)O)c2C)c1. The number of halogens is 1. The third kappa shape index (κ3) is 2.36. The number of hydrogen-bond donors (Lipinski definition) is 1. The largest absolute Gasteiger partial charge is 0.481 e. The van der Waals surface area contributed by atoms with Crippen molar-refractivity contribution in [2.75, 3.05) is 0 Å². The zero-order chi connectivity index (χ0) is 13.3. The highest BCUT2D eigenvalue weighted by molar-refractivity contribution is 6.32. The first kappa shape index (κ1) is 12.6. The maximum atomic E-state index is 10.7. The first-order valence-electron chi connectivity index (χ1n) is 5.38. The van der Waals surface area contributed by atoms with Crippen molar-refractivity contribution in [3.63, 3.8) is 0 Å². The van der Waals surface area contributed by atoms with Gasteiger partial charge in [0.25, 0.3) is 0 Å². The van der Waals surface area contributed by atoms with Crippen LogP contribution in [-0.4, -0.2) is 26.1 Å². The molecule has 94 valence electrons. The molecule has 0 aliphatic rings. The highest BCUT2D eigenvalue weighted by Crippen LogP contribution is 2.22. The molecule has 2 aromatic rings. The van der Waals surface area contributed by atoms with Crippen LogP contribution in [0.5, 0.6) is 0 Å². The number of hydrogen-bond acceptors (Lipinski definition) is 3. The Labute approximate surface area is 109 Å². The Kier molecular flexibility index (Phi) is 3.34. The molecule has 2 rings (SSSR count). The number of rotatable bonds is 3. The highest BCUT2D eigenvalue weighted by atomic mass is 35.5. The lowest BCUT2D eigenvalue weighted by Gasteiger charge is -2.06. The molecule has 0 aliphatic heterocycles. The summed E-state index contributed by atoms with van der Waals surface area (Å²) in [6.45, 7) is 3.72. The molecule has 1 heterocycles. The van der Waals surface area contributed by atoms with Crippen LogP contribution in [0.3, 0.4) is 0 Å². The van der Waals surface area contributed by atoms with E-state index in [9.17, 15) is 4.79 Å². The maximum Gasteiger partial charge on any atom is 0.309 e. The minimum Gasteiger partial charge on any atom is -0.481 e. The third-order valence-electron chi connectivity index (χ3n) is 2.64. The summed E-state index contributed by atoms with van der Waals surface area (Å²) in [4.78, 5) is 10.7. The molecular weight excluding hydrogens is 254 g/mol. The first-order chi connectivity index (χ1) is 8.49. The van der Waals surface area contributed by atoms with Gasteiger partial charge in [0.2, 0.25) is 0 Å². The molecule has 0 atom stereocenters. The van der Waals surface area contributed by atoms with E-state index in [1.54, 1.807) is 17.7 Å². The fourth-order valence-corrected chi connectivity index (χ4v) is 1.88. The van der Waals surface area contributed by atoms with E-state index < -0.39 is 5.97 Å². The van der Waals surface area contributed by atoms with Crippen LogP contribution in [0.25, 0.3) is 5.69 Å². The molecule has 0 saturated heterocycles. The van der Waals surface area contributed by atoms with E-state index in [2.05, 4.69) is 10.3 Å². The number of benzene rings is 1. The lowest BCUT2D eigenvalue weighted by Crippen LogP contribution is -2.04. The molecule has 0 aliphatic carbocycles.